The predicted molar refractivity (Wildman–Crippen MR) is 107 cm³/mol. The largest absolute Gasteiger partial charge is 0.493 e. The van der Waals surface area contributed by atoms with E-state index in [4.69, 9.17) is 4.74 Å². The molecule has 0 saturated heterocycles. The van der Waals surface area contributed by atoms with E-state index in [1.54, 1.807) is 0 Å². The molecule has 0 heterocycles. The first-order valence-corrected chi connectivity index (χ1v) is 9.26. The molecule has 25 heavy (non-hydrogen) atoms. The normalized spacial score (nSPS) is 11.2. The van der Waals surface area contributed by atoms with E-state index in [-0.39, 0.29) is 6.61 Å². The van der Waals surface area contributed by atoms with Gasteiger partial charge in [0.05, 0.1) is 13.2 Å². The molecule has 0 saturated carbocycles. The summed E-state index contributed by atoms with van der Waals surface area (Å²) in [5, 5.41) is 9.67. The SMILES string of the molecule is CCCCCCOc1cc(/C=C/c2ccc(C)cc2)c(CO)cc1C. The molecule has 0 radical (unpaired) electrons. The predicted octanol–water partition coefficient (Wildman–Crippen LogP) is 5.93. The molecule has 0 amide bonds. The lowest BCUT2D eigenvalue weighted by Gasteiger charge is -2.13. The zero-order valence-corrected chi connectivity index (χ0v) is 15.7. The Balaban J connectivity index is 2.12. The van der Waals surface area contributed by atoms with E-state index >= 15 is 0 Å². The van der Waals surface area contributed by atoms with Crippen LogP contribution in [0.5, 0.6) is 5.75 Å². The maximum absolute atomic E-state index is 9.67. The van der Waals surface area contributed by atoms with Gasteiger partial charge in [-0.3, -0.25) is 0 Å². The summed E-state index contributed by atoms with van der Waals surface area (Å²) in [7, 11) is 0. The Labute approximate surface area is 152 Å². The second kappa shape index (κ2) is 10.0. The molecule has 0 aliphatic carbocycles. The molecular formula is C23H30O2. The quantitative estimate of drug-likeness (QED) is 0.454. The standard InChI is InChI=1S/C23H30O2/c1-4-5-6-7-14-25-23-16-21(22(17-24)15-19(23)3)13-12-20-10-8-18(2)9-11-20/h8-13,15-16,24H,4-7,14,17H2,1-3H3/b13-12+. The summed E-state index contributed by atoms with van der Waals surface area (Å²) in [4.78, 5) is 0. The van der Waals surface area contributed by atoms with E-state index in [0.717, 1.165) is 41.0 Å². The first-order chi connectivity index (χ1) is 12.1. The molecule has 0 aliphatic rings. The summed E-state index contributed by atoms with van der Waals surface area (Å²) in [6.07, 6.45) is 8.93. The highest BCUT2D eigenvalue weighted by Crippen LogP contribution is 2.25. The van der Waals surface area contributed by atoms with Crippen molar-refractivity contribution in [3.05, 3.63) is 64.2 Å². The molecule has 0 aliphatic heterocycles. The van der Waals surface area contributed by atoms with Crippen molar-refractivity contribution in [3.8, 4) is 5.75 Å². The maximum atomic E-state index is 9.67. The number of benzene rings is 2. The van der Waals surface area contributed by atoms with Gasteiger partial charge in [-0.05, 0) is 54.7 Å². The number of hydrogen-bond donors (Lipinski definition) is 1. The van der Waals surface area contributed by atoms with Crippen molar-refractivity contribution < 1.29 is 9.84 Å². The Hall–Kier alpha value is -2.06. The average Bonchev–Trinajstić information content (AvgIpc) is 2.62. The van der Waals surface area contributed by atoms with Crippen LogP contribution in [0.15, 0.2) is 36.4 Å². The van der Waals surface area contributed by atoms with Crippen LogP contribution in [0.4, 0.5) is 0 Å². The maximum Gasteiger partial charge on any atom is 0.122 e. The van der Waals surface area contributed by atoms with Crippen molar-refractivity contribution in [1.82, 2.24) is 0 Å². The van der Waals surface area contributed by atoms with E-state index in [1.807, 2.05) is 19.1 Å². The van der Waals surface area contributed by atoms with Gasteiger partial charge >= 0.3 is 0 Å². The van der Waals surface area contributed by atoms with Crippen molar-refractivity contribution in [1.29, 1.82) is 0 Å². The van der Waals surface area contributed by atoms with Crippen molar-refractivity contribution in [2.24, 2.45) is 0 Å². The minimum absolute atomic E-state index is 0.0329. The molecular weight excluding hydrogens is 308 g/mol. The van der Waals surface area contributed by atoms with Gasteiger partial charge in [0, 0.05) is 0 Å². The van der Waals surface area contributed by atoms with E-state index in [9.17, 15) is 5.11 Å². The summed E-state index contributed by atoms with van der Waals surface area (Å²) in [6.45, 7) is 7.12. The zero-order valence-electron chi connectivity index (χ0n) is 15.7. The number of aliphatic hydroxyl groups is 1. The topological polar surface area (TPSA) is 29.5 Å². The third-order valence-corrected chi connectivity index (χ3v) is 4.40. The van der Waals surface area contributed by atoms with E-state index < -0.39 is 0 Å². The van der Waals surface area contributed by atoms with E-state index in [2.05, 4.69) is 50.3 Å². The molecule has 0 atom stereocenters. The van der Waals surface area contributed by atoms with Crippen LogP contribution >= 0.6 is 0 Å². The van der Waals surface area contributed by atoms with Crippen LogP contribution < -0.4 is 4.74 Å². The van der Waals surface area contributed by atoms with Crippen LogP contribution in [0.1, 0.15) is 60.4 Å². The summed E-state index contributed by atoms with van der Waals surface area (Å²) in [6, 6.07) is 12.5. The van der Waals surface area contributed by atoms with Crippen LogP contribution in [0.25, 0.3) is 12.2 Å². The second-order valence-electron chi connectivity index (χ2n) is 6.63. The number of aliphatic hydroxyl groups excluding tert-OH is 1. The summed E-state index contributed by atoms with van der Waals surface area (Å²) >= 11 is 0. The molecule has 0 spiro atoms. The first-order valence-electron chi connectivity index (χ1n) is 9.26. The highest BCUT2D eigenvalue weighted by atomic mass is 16.5. The van der Waals surface area contributed by atoms with Crippen molar-refractivity contribution in [2.45, 2.75) is 53.1 Å². The van der Waals surface area contributed by atoms with E-state index in [1.165, 1.54) is 24.8 Å². The average molecular weight is 338 g/mol. The van der Waals surface area contributed by atoms with Crippen LogP contribution in [0.2, 0.25) is 0 Å². The highest BCUT2D eigenvalue weighted by molar-refractivity contribution is 5.72. The molecule has 2 nitrogen and oxygen atoms in total. The Morgan fingerprint density at radius 2 is 1.72 bits per heavy atom. The van der Waals surface area contributed by atoms with Gasteiger partial charge in [-0.1, -0.05) is 68.2 Å². The number of hydrogen-bond acceptors (Lipinski definition) is 2. The molecule has 0 bridgehead atoms. The monoisotopic (exact) mass is 338 g/mol. The Morgan fingerprint density at radius 3 is 2.40 bits per heavy atom. The smallest absolute Gasteiger partial charge is 0.122 e. The molecule has 2 heteroatoms. The fourth-order valence-corrected chi connectivity index (χ4v) is 2.79. The fourth-order valence-electron chi connectivity index (χ4n) is 2.79. The summed E-state index contributed by atoms with van der Waals surface area (Å²) in [5.41, 5.74) is 5.42. The number of ether oxygens (including phenoxy) is 1. The zero-order chi connectivity index (χ0) is 18.1. The van der Waals surface area contributed by atoms with Gasteiger partial charge in [-0.2, -0.15) is 0 Å². The third kappa shape index (κ3) is 6.06. The van der Waals surface area contributed by atoms with Crippen LogP contribution in [-0.4, -0.2) is 11.7 Å². The fraction of sp³-hybridized carbons (Fsp3) is 0.391. The number of unbranched alkanes of at least 4 members (excludes halogenated alkanes) is 3. The van der Waals surface area contributed by atoms with E-state index in [0.29, 0.717) is 0 Å². The first kappa shape index (κ1) is 19.3. The molecule has 0 aromatic heterocycles. The summed E-state index contributed by atoms with van der Waals surface area (Å²) < 4.78 is 5.98. The van der Waals surface area contributed by atoms with Gasteiger partial charge < -0.3 is 9.84 Å². The Bertz CT molecular complexity index is 684. The van der Waals surface area contributed by atoms with Gasteiger partial charge in [0.1, 0.15) is 5.75 Å². The number of rotatable bonds is 9. The molecule has 134 valence electrons. The molecule has 0 fully saturated rings. The third-order valence-electron chi connectivity index (χ3n) is 4.40. The van der Waals surface area contributed by atoms with Crippen molar-refractivity contribution >= 4 is 12.2 Å². The molecule has 1 N–H and O–H groups in total. The van der Waals surface area contributed by atoms with Crippen molar-refractivity contribution in [3.63, 3.8) is 0 Å². The van der Waals surface area contributed by atoms with Crippen LogP contribution in [-0.2, 0) is 6.61 Å². The minimum atomic E-state index is 0.0329. The Morgan fingerprint density at radius 1 is 0.960 bits per heavy atom. The highest BCUT2D eigenvalue weighted by Gasteiger charge is 2.06. The van der Waals surface area contributed by atoms with Crippen molar-refractivity contribution in [2.75, 3.05) is 6.61 Å². The molecule has 2 aromatic rings. The lowest BCUT2D eigenvalue weighted by molar-refractivity contribution is 0.280. The summed E-state index contributed by atoms with van der Waals surface area (Å²) in [5.74, 6) is 0.914. The van der Waals surface area contributed by atoms with Gasteiger partial charge in [-0.25, -0.2) is 0 Å². The minimum Gasteiger partial charge on any atom is -0.493 e. The Kier molecular flexibility index (Phi) is 7.75. The van der Waals surface area contributed by atoms with Gasteiger partial charge in [0.2, 0.25) is 0 Å². The van der Waals surface area contributed by atoms with Crippen LogP contribution in [0.3, 0.4) is 0 Å². The molecule has 2 aromatic carbocycles. The lowest BCUT2D eigenvalue weighted by atomic mass is 10.0. The van der Waals surface area contributed by atoms with Gasteiger partial charge in [0.25, 0.3) is 0 Å². The molecule has 2 rings (SSSR count). The second-order valence-corrected chi connectivity index (χ2v) is 6.63. The van der Waals surface area contributed by atoms with Gasteiger partial charge in [0.15, 0.2) is 0 Å². The van der Waals surface area contributed by atoms with Crippen LogP contribution in [0, 0.1) is 13.8 Å². The number of aryl methyl sites for hydroxylation is 2. The molecule has 0 unspecified atom stereocenters. The van der Waals surface area contributed by atoms with Gasteiger partial charge in [-0.15, -0.1) is 0 Å². The lowest BCUT2D eigenvalue weighted by Crippen LogP contribution is -2.01.